The van der Waals surface area contributed by atoms with Crippen LogP contribution in [-0.2, 0) is 4.74 Å². The van der Waals surface area contributed by atoms with Gasteiger partial charge < -0.3 is 4.74 Å². The van der Waals surface area contributed by atoms with E-state index in [9.17, 15) is 0 Å². The van der Waals surface area contributed by atoms with E-state index in [1.54, 1.807) is 0 Å². The minimum absolute atomic E-state index is 0.202. The van der Waals surface area contributed by atoms with E-state index in [0.717, 1.165) is 6.61 Å². The van der Waals surface area contributed by atoms with E-state index in [0.29, 0.717) is 0 Å². The Labute approximate surface area is 103 Å². The minimum atomic E-state index is -0.202. The standard InChI is InChI=1S/C15H15OP/c1-3-7-13(8-4-1)15-16-11-12-17(15)14-9-5-2-6-10-14/h1-10,15H,11-12H2/t15-,17+/m1/s1. The van der Waals surface area contributed by atoms with Crippen molar-refractivity contribution in [1.29, 1.82) is 0 Å². The number of ether oxygens (including phenoxy) is 1. The molecule has 0 aromatic heterocycles. The van der Waals surface area contributed by atoms with Crippen molar-refractivity contribution in [1.82, 2.24) is 0 Å². The third-order valence-corrected chi connectivity index (χ3v) is 5.70. The minimum Gasteiger partial charge on any atom is -0.368 e. The van der Waals surface area contributed by atoms with Gasteiger partial charge in [0.2, 0.25) is 0 Å². The Bertz CT molecular complexity index is 423. The Morgan fingerprint density at radius 2 is 1.53 bits per heavy atom. The van der Waals surface area contributed by atoms with Gasteiger partial charge in [0.1, 0.15) is 5.85 Å². The van der Waals surface area contributed by atoms with Crippen LogP contribution in [-0.4, -0.2) is 12.8 Å². The molecule has 1 saturated heterocycles. The first-order valence-corrected chi connectivity index (χ1v) is 7.53. The summed E-state index contributed by atoms with van der Waals surface area (Å²) in [5.41, 5.74) is 1.32. The van der Waals surface area contributed by atoms with Crippen LogP contribution < -0.4 is 5.30 Å². The van der Waals surface area contributed by atoms with Gasteiger partial charge in [-0.05, 0) is 25.0 Å². The smallest absolute Gasteiger partial charge is 0.105 e. The molecule has 0 unspecified atom stereocenters. The molecule has 0 bridgehead atoms. The zero-order valence-corrected chi connectivity index (χ0v) is 10.5. The van der Waals surface area contributed by atoms with Crippen molar-refractivity contribution in [3.63, 3.8) is 0 Å². The molecule has 2 atom stereocenters. The van der Waals surface area contributed by atoms with Crippen molar-refractivity contribution in [3.05, 3.63) is 66.2 Å². The van der Waals surface area contributed by atoms with Crippen molar-refractivity contribution in [3.8, 4) is 0 Å². The Kier molecular flexibility index (Phi) is 3.22. The van der Waals surface area contributed by atoms with Crippen LogP contribution in [0.25, 0.3) is 0 Å². The third kappa shape index (κ3) is 2.26. The fraction of sp³-hybridized carbons (Fsp3) is 0.200. The normalized spacial score (nSPS) is 23.8. The van der Waals surface area contributed by atoms with Crippen LogP contribution in [0.15, 0.2) is 60.7 Å². The summed E-state index contributed by atoms with van der Waals surface area (Å²) in [5, 5.41) is 1.45. The lowest BCUT2D eigenvalue weighted by Crippen LogP contribution is -2.04. The van der Waals surface area contributed by atoms with E-state index in [2.05, 4.69) is 60.7 Å². The van der Waals surface area contributed by atoms with E-state index < -0.39 is 0 Å². The molecule has 0 N–H and O–H groups in total. The lowest BCUT2D eigenvalue weighted by atomic mass is 10.2. The van der Waals surface area contributed by atoms with Crippen LogP contribution in [0, 0.1) is 0 Å². The summed E-state index contributed by atoms with van der Waals surface area (Å²) in [6.45, 7) is 0.889. The van der Waals surface area contributed by atoms with Crippen molar-refractivity contribution in [2.45, 2.75) is 5.85 Å². The molecule has 1 aliphatic heterocycles. The molecule has 1 aliphatic rings. The van der Waals surface area contributed by atoms with Gasteiger partial charge in [-0.1, -0.05) is 60.7 Å². The van der Waals surface area contributed by atoms with E-state index in [4.69, 9.17) is 4.74 Å². The second kappa shape index (κ2) is 5.00. The van der Waals surface area contributed by atoms with Gasteiger partial charge in [-0.2, -0.15) is 0 Å². The van der Waals surface area contributed by atoms with Crippen LogP contribution >= 0.6 is 7.92 Å². The highest BCUT2D eigenvalue weighted by Crippen LogP contribution is 2.54. The maximum atomic E-state index is 5.93. The topological polar surface area (TPSA) is 9.23 Å². The van der Waals surface area contributed by atoms with Gasteiger partial charge in [0, 0.05) is 0 Å². The monoisotopic (exact) mass is 242 g/mol. The average Bonchev–Trinajstić information content (AvgIpc) is 2.90. The van der Waals surface area contributed by atoms with Gasteiger partial charge in [0.25, 0.3) is 0 Å². The van der Waals surface area contributed by atoms with Crippen LogP contribution in [0.4, 0.5) is 0 Å². The SMILES string of the molecule is c1ccc([C@@H]2OCC[P@@]2c2ccccc2)cc1. The zero-order valence-electron chi connectivity index (χ0n) is 9.62. The predicted octanol–water partition coefficient (Wildman–Crippen LogP) is 3.52. The first kappa shape index (κ1) is 11.0. The molecular formula is C15H15OP. The molecule has 17 heavy (non-hydrogen) atoms. The summed E-state index contributed by atoms with van der Waals surface area (Å²) in [7, 11) is -0.202. The van der Waals surface area contributed by atoms with Crippen molar-refractivity contribution >= 4 is 13.2 Å². The molecule has 2 heteroatoms. The van der Waals surface area contributed by atoms with Crippen LogP contribution in [0.3, 0.4) is 0 Å². The third-order valence-electron chi connectivity index (χ3n) is 3.06. The summed E-state index contributed by atoms with van der Waals surface area (Å²) in [4.78, 5) is 0. The van der Waals surface area contributed by atoms with Crippen molar-refractivity contribution in [2.75, 3.05) is 12.8 Å². The largest absolute Gasteiger partial charge is 0.368 e. The van der Waals surface area contributed by atoms with Crippen molar-refractivity contribution < 1.29 is 4.74 Å². The number of rotatable bonds is 2. The van der Waals surface area contributed by atoms with Gasteiger partial charge >= 0.3 is 0 Å². The van der Waals surface area contributed by atoms with E-state index >= 15 is 0 Å². The predicted molar refractivity (Wildman–Crippen MR) is 73.0 cm³/mol. The molecule has 0 aliphatic carbocycles. The second-order valence-corrected chi connectivity index (χ2v) is 6.53. The molecular weight excluding hydrogens is 227 g/mol. The number of hydrogen-bond donors (Lipinski definition) is 0. The first-order chi connectivity index (χ1) is 8.45. The summed E-state index contributed by atoms with van der Waals surface area (Å²) in [6.07, 6.45) is 1.18. The Hall–Kier alpha value is -1.17. The highest BCUT2D eigenvalue weighted by Gasteiger charge is 2.29. The zero-order chi connectivity index (χ0) is 11.5. The lowest BCUT2D eigenvalue weighted by molar-refractivity contribution is 0.143. The molecule has 2 aromatic rings. The maximum absolute atomic E-state index is 5.93. The molecule has 86 valence electrons. The van der Waals surface area contributed by atoms with Gasteiger partial charge in [-0.25, -0.2) is 0 Å². The molecule has 2 aromatic carbocycles. The van der Waals surface area contributed by atoms with Crippen LogP contribution in [0.1, 0.15) is 11.4 Å². The fourth-order valence-corrected chi connectivity index (χ4v) is 4.69. The highest BCUT2D eigenvalue weighted by atomic mass is 31.1. The second-order valence-electron chi connectivity index (χ2n) is 4.16. The molecule has 1 nitrogen and oxygen atoms in total. The summed E-state index contributed by atoms with van der Waals surface area (Å²) < 4.78 is 5.93. The maximum Gasteiger partial charge on any atom is 0.105 e. The molecule has 1 fully saturated rings. The number of benzene rings is 2. The van der Waals surface area contributed by atoms with Gasteiger partial charge in [-0.3, -0.25) is 0 Å². The highest BCUT2D eigenvalue weighted by molar-refractivity contribution is 7.66. The van der Waals surface area contributed by atoms with E-state index in [-0.39, 0.29) is 13.8 Å². The Balaban J connectivity index is 1.91. The summed E-state index contributed by atoms with van der Waals surface area (Å²) in [5.74, 6) is 0.286. The summed E-state index contributed by atoms with van der Waals surface area (Å²) in [6, 6.07) is 21.4. The fourth-order valence-electron chi connectivity index (χ4n) is 2.25. The molecule has 0 amide bonds. The lowest BCUT2D eigenvalue weighted by Gasteiger charge is -2.19. The van der Waals surface area contributed by atoms with Gasteiger partial charge in [0.05, 0.1) is 6.61 Å². The van der Waals surface area contributed by atoms with Crippen molar-refractivity contribution in [2.24, 2.45) is 0 Å². The first-order valence-electron chi connectivity index (χ1n) is 5.93. The van der Waals surface area contributed by atoms with Gasteiger partial charge in [0.15, 0.2) is 0 Å². The van der Waals surface area contributed by atoms with Gasteiger partial charge in [-0.15, -0.1) is 0 Å². The molecule has 0 saturated carbocycles. The summed E-state index contributed by atoms with van der Waals surface area (Å²) >= 11 is 0. The average molecular weight is 242 g/mol. The molecule has 3 rings (SSSR count). The molecule has 1 heterocycles. The van der Waals surface area contributed by atoms with E-state index in [1.165, 1.54) is 17.0 Å². The van der Waals surface area contributed by atoms with E-state index in [1.807, 2.05) is 0 Å². The van der Waals surface area contributed by atoms with Crippen LogP contribution in [0.5, 0.6) is 0 Å². The Morgan fingerprint density at radius 1 is 0.882 bits per heavy atom. The Morgan fingerprint density at radius 3 is 2.24 bits per heavy atom. The number of hydrogen-bond acceptors (Lipinski definition) is 1. The molecule has 0 spiro atoms. The van der Waals surface area contributed by atoms with Crippen LogP contribution in [0.2, 0.25) is 0 Å². The quantitative estimate of drug-likeness (QED) is 0.732. The molecule has 0 radical (unpaired) electrons.